The van der Waals surface area contributed by atoms with Crippen molar-refractivity contribution in [1.29, 1.82) is 0 Å². The summed E-state index contributed by atoms with van der Waals surface area (Å²) in [5.74, 6) is -0.500. The topological polar surface area (TPSA) is 129 Å². The zero-order chi connectivity index (χ0) is 23.6. The molecule has 4 N–H and O–H groups in total. The molecule has 2 aromatic rings. The zero-order valence-electron chi connectivity index (χ0n) is 18.7. The van der Waals surface area contributed by atoms with Crippen LogP contribution in [0.25, 0.3) is 0 Å². The molecule has 1 fully saturated rings. The number of rotatable bonds is 10. The first-order valence-electron chi connectivity index (χ1n) is 11.4. The number of para-hydroxylation sites is 1. The number of hydrogen-bond acceptors (Lipinski definition) is 5. The van der Waals surface area contributed by atoms with Crippen molar-refractivity contribution in [2.75, 3.05) is 18.1 Å². The van der Waals surface area contributed by atoms with Crippen LogP contribution < -0.4 is 16.0 Å². The number of anilines is 1. The molecule has 1 aromatic heterocycles. The highest BCUT2D eigenvalue weighted by atomic mass is 16.4. The van der Waals surface area contributed by atoms with E-state index in [0.29, 0.717) is 18.7 Å². The number of furan rings is 1. The van der Waals surface area contributed by atoms with Crippen molar-refractivity contribution in [3.63, 3.8) is 0 Å². The molecule has 3 rings (SSSR count). The summed E-state index contributed by atoms with van der Waals surface area (Å²) in [5.41, 5.74) is 6.19. The number of carbonyl (C=O) groups is 3. The molecule has 9 nitrogen and oxygen atoms in total. The second-order valence-electron chi connectivity index (χ2n) is 8.22. The Kier molecular flexibility index (Phi) is 8.88. The molecule has 1 atom stereocenters. The molecule has 33 heavy (non-hydrogen) atoms. The van der Waals surface area contributed by atoms with Crippen molar-refractivity contribution in [1.82, 2.24) is 10.2 Å². The Labute approximate surface area is 193 Å². The van der Waals surface area contributed by atoms with E-state index in [1.54, 1.807) is 41.3 Å². The molecule has 0 radical (unpaired) electrons. The number of carbonyl (C=O) groups excluding carboxylic acids is 2. The molecular formula is C24H32N4O5. The minimum Gasteiger partial charge on any atom is -0.465 e. The molecule has 0 saturated heterocycles. The summed E-state index contributed by atoms with van der Waals surface area (Å²) in [6.07, 6.45) is 5.72. The Morgan fingerprint density at radius 3 is 2.42 bits per heavy atom. The third-order valence-corrected chi connectivity index (χ3v) is 5.93. The smallest absolute Gasteiger partial charge is 0.405 e. The van der Waals surface area contributed by atoms with Gasteiger partial charge in [-0.15, -0.1) is 0 Å². The Bertz CT molecular complexity index is 897. The molecule has 1 aromatic carbocycles. The third kappa shape index (κ3) is 6.58. The van der Waals surface area contributed by atoms with Gasteiger partial charge >= 0.3 is 6.09 Å². The average molecular weight is 457 g/mol. The Balaban J connectivity index is 1.94. The maximum Gasteiger partial charge on any atom is 0.405 e. The molecule has 1 aliphatic rings. The van der Waals surface area contributed by atoms with Crippen LogP contribution in [-0.2, 0) is 4.79 Å². The predicted molar refractivity (Wildman–Crippen MR) is 124 cm³/mol. The quantitative estimate of drug-likeness (QED) is 0.470. The molecule has 1 saturated carbocycles. The molecule has 0 spiro atoms. The van der Waals surface area contributed by atoms with Crippen LogP contribution in [0.1, 0.15) is 55.5 Å². The van der Waals surface area contributed by atoms with Gasteiger partial charge in [-0.1, -0.05) is 37.5 Å². The lowest BCUT2D eigenvalue weighted by molar-refractivity contribution is -0.121. The lowest BCUT2D eigenvalue weighted by atomic mass is 9.94. The van der Waals surface area contributed by atoms with Gasteiger partial charge in [0.15, 0.2) is 5.76 Å². The number of hydrogen-bond donors (Lipinski definition) is 3. The van der Waals surface area contributed by atoms with Crippen LogP contribution in [0.4, 0.5) is 10.5 Å². The normalized spacial score (nSPS) is 14.9. The third-order valence-electron chi connectivity index (χ3n) is 5.93. The fraction of sp³-hybridized carbons (Fsp3) is 0.458. The van der Waals surface area contributed by atoms with E-state index < -0.39 is 18.0 Å². The van der Waals surface area contributed by atoms with Gasteiger partial charge in [-0.25, -0.2) is 4.79 Å². The van der Waals surface area contributed by atoms with E-state index >= 15 is 0 Å². The number of amides is 3. The number of nitrogens with two attached hydrogens (primary N) is 1. The number of carboxylic acid groups (broad SMARTS) is 1. The Morgan fingerprint density at radius 1 is 1.09 bits per heavy atom. The summed E-state index contributed by atoms with van der Waals surface area (Å²) in [6, 6.07) is 11.2. The minimum atomic E-state index is -1.28. The van der Waals surface area contributed by atoms with Gasteiger partial charge in [0.2, 0.25) is 0 Å². The fourth-order valence-electron chi connectivity index (χ4n) is 4.24. The van der Waals surface area contributed by atoms with E-state index in [4.69, 9.17) is 10.2 Å². The van der Waals surface area contributed by atoms with Gasteiger partial charge in [-0.2, -0.15) is 0 Å². The Morgan fingerprint density at radius 2 is 1.82 bits per heavy atom. The molecule has 1 unspecified atom stereocenters. The molecule has 9 heteroatoms. The maximum atomic E-state index is 13.6. The summed E-state index contributed by atoms with van der Waals surface area (Å²) in [5, 5.41) is 11.6. The van der Waals surface area contributed by atoms with Crippen LogP contribution in [-0.4, -0.2) is 53.2 Å². The second kappa shape index (κ2) is 12.1. The number of nitrogens with zero attached hydrogens (tertiary/aromatic N) is 2. The van der Waals surface area contributed by atoms with Gasteiger partial charge in [0, 0.05) is 11.7 Å². The van der Waals surface area contributed by atoms with Crippen molar-refractivity contribution in [3.05, 3.63) is 54.5 Å². The van der Waals surface area contributed by atoms with E-state index in [0.717, 1.165) is 32.1 Å². The summed E-state index contributed by atoms with van der Waals surface area (Å²) < 4.78 is 5.37. The van der Waals surface area contributed by atoms with Gasteiger partial charge in [-0.3, -0.25) is 14.5 Å². The highest BCUT2D eigenvalue weighted by Gasteiger charge is 2.33. The highest BCUT2D eigenvalue weighted by Crippen LogP contribution is 2.26. The van der Waals surface area contributed by atoms with Gasteiger partial charge < -0.3 is 25.5 Å². The van der Waals surface area contributed by atoms with Crippen molar-refractivity contribution in [2.45, 2.75) is 57.0 Å². The first kappa shape index (κ1) is 24.3. The van der Waals surface area contributed by atoms with Crippen molar-refractivity contribution < 1.29 is 23.9 Å². The van der Waals surface area contributed by atoms with E-state index in [1.165, 1.54) is 11.2 Å². The van der Waals surface area contributed by atoms with Gasteiger partial charge in [0.1, 0.15) is 12.7 Å². The highest BCUT2D eigenvalue weighted by molar-refractivity contribution is 5.99. The minimum absolute atomic E-state index is 0.00648. The molecule has 0 aliphatic heterocycles. The molecular weight excluding hydrogens is 424 g/mol. The van der Waals surface area contributed by atoms with E-state index in [9.17, 15) is 19.5 Å². The van der Waals surface area contributed by atoms with Gasteiger partial charge in [-0.05, 0) is 56.5 Å². The maximum absolute atomic E-state index is 13.6. The van der Waals surface area contributed by atoms with Crippen LogP contribution >= 0.6 is 0 Å². The SMILES string of the molecule is NCCCC(NC(=O)O)C(=O)N(CN(C(=O)c1ccco1)C1CCCCC1)c1ccccc1. The standard InChI is InChI=1S/C24H32N4O5/c25-15-7-13-20(26-24(31)32)22(29)27(18-9-3-1-4-10-18)17-28(19-11-5-2-6-12-19)23(30)21-14-8-16-33-21/h1,3-4,8-10,14,16,19-20,26H,2,5-7,11-13,15,17,25H2,(H,31,32). The fourth-order valence-corrected chi connectivity index (χ4v) is 4.24. The predicted octanol–water partition coefficient (Wildman–Crippen LogP) is 3.42. The average Bonchev–Trinajstić information content (AvgIpc) is 3.38. The second-order valence-corrected chi connectivity index (χ2v) is 8.22. The van der Waals surface area contributed by atoms with Crippen LogP contribution in [0.3, 0.4) is 0 Å². The van der Waals surface area contributed by atoms with Crippen LogP contribution in [0.2, 0.25) is 0 Å². The van der Waals surface area contributed by atoms with Crippen molar-refractivity contribution in [3.8, 4) is 0 Å². The van der Waals surface area contributed by atoms with Crippen LogP contribution in [0.15, 0.2) is 53.1 Å². The summed E-state index contributed by atoms with van der Waals surface area (Å²) in [6.45, 7) is 0.328. The number of nitrogens with one attached hydrogen (secondary N) is 1. The summed E-state index contributed by atoms with van der Waals surface area (Å²) >= 11 is 0. The number of benzene rings is 1. The molecule has 1 aliphatic carbocycles. The van der Waals surface area contributed by atoms with Crippen molar-refractivity contribution >= 4 is 23.6 Å². The lowest BCUT2D eigenvalue weighted by Crippen LogP contribution is -2.54. The monoisotopic (exact) mass is 456 g/mol. The van der Waals surface area contributed by atoms with Gasteiger partial charge in [0.05, 0.1) is 6.26 Å². The summed E-state index contributed by atoms with van der Waals surface area (Å²) in [7, 11) is 0. The van der Waals surface area contributed by atoms with E-state index in [2.05, 4.69) is 5.32 Å². The molecule has 0 bridgehead atoms. The first-order valence-corrected chi connectivity index (χ1v) is 11.4. The van der Waals surface area contributed by atoms with Crippen molar-refractivity contribution in [2.24, 2.45) is 5.73 Å². The zero-order valence-corrected chi connectivity index (χ0v) is 18.7. The van der Waals surface area contributed by atoms with Crippen LogP contribution in [0.5, 0.6) is 0 Å². The van der Waals surface area contributed by atoms with E-state index in [1.807, 2.05) is 6.07 Å². The Hall–Kier alpha value is -3.33. The summed E-state index contributed by atoms with van der Waals surface area (Å²) in [4.78, 5) is 41.5. The molecule has 178 valence electrons. The van der Waals surface area contributed by atoms with Gasteiger partial charge in [0.25, 0.3) is 11.8 Å². The molecule has 3 amide bonds. The lowest BCUT2D eigenvalue weighted by Gasteiger charge is -2.38. The van der Waals surface area contributed by atoms with Crippen LogP contribution in [0, 0.1) is 0 Å². The first-order chi connectivity index (χ1) is 16.0. The molecule has 1 heterocycles. The largest absolute Gasteiger partial charge is 0.465 e. The van der Waals surface area contributed by atoms with E-state index in [-0.39, 0.29) is 30.8 Å².